The maximum atomic E-state index is 14.3. The monoisotopic (exact) mass is 652 g/mol. The Morgan fingerprint density at radius 1 is 1.00 bits per heavy atom. The molecule has 1 aromatic carbocycles. The quantitative estimate of drug-likeness (QED) is 0.445. The van der Waals surface area contributed by atoms with Crippen molar-refractivity contribution in [2.75, 3.05) is 64.1 Å². The molecule has 1 unspecified atom stereocenters. The van der Waals surface area contributed by atoms with Gasteiger partial charge in [-0.05, 0) is 76.3 Å². The van der Waals surface area contributed by atoms with E-state index in [1.54, 1.807) is 17.0 Å². The average molecular weight is 653 g/mol. The van der Waals surface area contributed by atoms with E-state index < -0.39 is 0 Å². The summed E-state index contributed by atoms with van der Waals surface area (Å²) in [7, 11) is 0. The van der Waals surface area contributed by atoms with E-state index >= 15 is 0 Å². The number of benzene rings is 1. The zero-order valence-electron chi connectivity index (χ0n) is 28.0. The number of anilines is 1. The summed E-state index contributed by atoms with van der Waals surface area (Å²) < 4.78 is 31.1. The molecule has 0 radical (unpaired) electrons. The third-order valence-corrected chi connectivity index (χ3v) is 9.89. The minimum Gasteiger partial charge on any atom is -0.474 e. The van der Waals surface area contributed by atoms with Gasteiger partial charge in [-0.15, -0.1) is 0 Å². The summed E-state index contributed by atoms with van der Waals surface area (Å²) in [5.41, 5.74) is 2.30. The molecule has 256 valence electrons. The first-order chi connectivity index (χ1) is 22.7. The predicted molar refractivity (Wildman–Crippen MR) is 176 cm³/mol. The van der Waals surface area contributed by atoms with Crippen molar-refractivity contribution in [2.24, 2.45) is 0 Å². The van der Waals surface area contributed by atoms with Gasteiger partial charge in [0, 0.05) is 63.1 Å². The maximum absolute atomic E-state index is 14.3. The molecule has 5 atom stereocenters. The third-order valence-electron chi connectivity index (χ3n) is 9.89. The van der Waals surface area contributed by atoms with Crippen molar-refractivity contribution in [2.45, 2.75) is 83.2 Å². The number of ether oxygens (including phenoxy) is 3. The number of rotatable bonds is 8. The fraction of sp³-hybridized carbons (Fsp3) is 0.629. The molecule has 0 bridgehead atoms. The second-order valence-electron chi connectivity index (χ2n) is 13.7. The molecule has 4 aliphatic rings. The number of carbonyl (C=O) groups excluding carboxylic acids is 2. The van der Waals surface area contributed by atoms with E-state index in [2.05, 4.69) is 41.2 Å². The van der Waals surface area contributed by atoms with E-state index in [-0.39, 0.29) is 66.5 Å². The van der Waals surface area contributed by atoms with Crippen LogP contribution < -0.4 is 20.3 Å². The van der Waals surface area contributed by atoms with E-state index in [1.165, 1.54) is 12.1 Å². The summed E-state index contributed by atoms with van der Waals surface area (Å²) in [5.74, 6) is -0.371. The lowest BCUT2D eigenvalue weighted by atomic mass is 10.0. The molecule has 2 aromatic rings. The van der Waals surface area contributed by atoms with Crippen LogP contribution in [-0.4, -0.2) is 122 Å². The van der Waals surface area contributed by atoms with E-state index in [0.29, 0.717) is 56.2 Å². The lowest BCUT2D eigenvalue weighted by molar-refractivity contribution is -0.122. The van der Waals surface area contributed by atoms with Crippen LogP contribution in [0, 0.1) is 5.82 Å². The minimum absolute atomic E-state index is 0.00965. The Labute approximate surface area is 277 Å². The molecule has 4 aliphatic heterocycles. The zero-order chi connectivity index (χ0) is 33.1. The molecule has 11 nitrogen and oxygen atoms in total. The molecule has 0 saturated carbocycles. The van der Waals surface area contributed by atoms with Gasteiger partial charge in [0.25, 0.3) is 5.91 Å². The van der Waals surface area contributed by atoms with Crippen LogP contribution in [0.15, 0.2) is 30.3 Å². The Morgan fingerprint density at radius 3 is 2.45 bits per heavy atom. The van der Waals surface area contributed by atoms with Gasteiger partial charge >= 0.3 is 0 Å². The highest BCUT2D eigenvalue weighted by Crippen LogP contribution is 2.35. The number of amides is 2. The molecule has 2 N–H and O–H groups in total. The highest BCUT2D eigenvalue weighted by Gasteiger charge is 2.37. The Kier molecular flexibility index (Phi) is 10.7. The lowest BCUT2D eigenvalue weighted by Gasteiger charge is -2.46. The first-order valence-corrected chi connectivity index (χ1v) is 17.1. The van der Waals surface area contributed by atoms with Gasteiger partial charge in [0.05, 0.1) is 25.8 Å². The van der Waals surface area contributed by atoms with Crippen LogP contribution in [0.1, 0.15) is 62.2 Å². The maximum Gasteiger partial charge on any atom is 0.270 e. The molecule has 0 aliphatic carbocycles. The number of halogens is 1. The van der Waals surface area contributed by atoms with Gasteiger partial charge in [-0.1, -0.05) is 12.1 Å². The van der Waals surface area contributed by atoms with Gasteiger partial charge in [-0.25, -0.2) is 9.37 Å². The van der Waals surface area contributed by atoms with Crippen LogP contribution in [0.4, 0.5) is 10.1 Å². The van der Waals surface area contributed by atoms with Gasteiger partial charge in [-0.2, -0.15) is 0 Å². The summed E-state index contributed by atoms with van der Waals surface area (Å²) in [6.07, 6.45) is 1.81. The van der Waals surface area contributed by atoms with E-state index in [0.717, 1.165) is 38.0 Å². The van der Waals surface area contributed by atoms with Crippen molar-refractivity contribution in [1.82, 2.24) is 25.4 Å². The Bertz CT molecular complexity index is 1400. The van der Waals surface area contributed by atoms with Crippen molar-refractivity contribution in [1.29, 1.82) is 0 Å². The molecule has 3 saturated heterocycles. The molecule has 2 amide bonds. The first kappa shape index (κ1) is 33.7. The molecular weight excluding hydrogens is 603 g/mol. The highest BCUT2D eigenvalue weighted by molar-refractivity contribution is 5.99. The molecule has 12 heteroatoms. The number of aromatic nitrogens is 1. The number of carbonyl (C=O) groups is 2. The van der Waals surface area contributed by atoms with Crippen LogP contribution in [0.25, 0.3) is 0 Å². The van der Waals surface area contributed by atoms with Gasteiger partial charge in [0.2, 0.25) is 11.8 Å². The van der Waals surface area contributed by atoms with Crippen molar-refractivity contribution in [3.8, 4) is 5.88 Å². The molecular formula is C35H49FN6O5. The average Bonchev–Trinajstić information content (AvgIpc) is 3.05. The fourth-order valence-electron chi connectivity index (χ4n) is 7.24. The smallest absolute Gasteiger partial charge is 0.270 e. The standard InChI is InChI=1S/C35H49FN6O5/c1-22-16-40(30(15-37-22)17-41-23(2)19-46-20-24(41)3)18-32(43)42-25(4)21-47-35-31(42)14-27(13-26-5-7-28(36)8-6-26)33(39-35)34(44)38-29-9-11-45-12-10-29/h5-8,14,22-25,29-30,37H,9-13,15-21H2,1-4H3,(H,38,44)/t22-,23-,24-,25+,30?/m1/s1. The van der Waals surface area contributed by atoms with E-state index in [1.807, 2.05) is 13.0 Å². The minimum atomic E-state index is -0.327. The van der Waals surface area contributed by atoms with Crippen LogP contribution in [0.2, 0.25) is 0 Å². The second kappa shape index (κ2) is 14.9. The van der Waals surface area contributed by atoms with E-state index in [9.17, 15) is 14.0 Å². The molecule has 1 aromatic heterocycles. The number of piperazine rings is 1. The van der Waals surface area contributed by atoms with Crippen LogP contribution in [0.3, 0.4) is 0 Å². The first-order valence-electron chi connectivity index (χ1n) is 17.1. The Morgan fingerprint density at radius 2 is 1.72 bits per heavy atom. The number of nitrogens with one attached hydrogen (secondary N) is 2. The van der Waals surface area contributed by atoms with Gasteiger partial charge in [0.15, 0.2) is 0 Å². The summed E-state index contributed by atoms with van der Waals surface area (Å²) in [6, 6.07) is 8.91. The molecule has 47 heavy (non-hydrogen) atoms. The molecule has 3 fully saturated rings. The number of hydrogen-bond acceptors (Lipinski definition) is 9. The number of nitrogens with zero attached hydrogens (tertiary/aromatic N) is 4. The molecule has 5 heterocycles. The summed E-state index contributed by atoms with van der Waals surface area (Å²) >= 11 is 0. The van der Waals surface area contributed by atoms with Gasteiger partial charge in [-0.3, -0.25) is 19.4 Å². The third kappa shape index (κ3) is 7.94. The zero-order valence-corrected chi connectivity index (χ0v) is 28.0. The summed E-state index contributed by atoms with van der Waals surface area (Å²) in [4.78, 5) is 39.3. The van der Waals surface area contributed by atoms with Crippen LogP contribution in [0.5, 0.6) is 5.88 Å². The van der Waals surface area contributed by atoms with E-state index in [4.69, 9.17) is 19.2 Å². The number of fused-ring (bicyclic) bond motifs is 1. The van der Waals surface area contributed by atoms with Crippen molar-refractivity contribution >= 4 is 17.5 Å². The summed E-state index contributed by atoms with van der Waals surface area (Å²) in [5, 5.41) is 6.74. The number of pyridine rings is 1. The second-order valence-corrected chi connectivity index (χ2v) is 13.7. The molecule has 6 rings (SSSR count). The topological polar surface area (TPSA) is 109 Å². The normalized spacial score (nSPS) is 27.6. The summed E-state index contributed by atoms with van der Waals surface area (Å²) in [6.45, 7) is 14.1. The van der Waals surface area contributed by atoms with Crippen molar-refractivity contribution < 1.29 is 28.2 Å². The van der Waals surface area contributed by atoms with Crippen molar-refractivity contribution in [3.63, 3.8) is 0 Å². The predicted octanol–water partition coefficient (Wildman–Crippen LogP) is 2.61. The van der Waals surface area contributed by atoms with Gasteiger partial charge < -0.3 is 29.7 Å². The van der Waals surface area contributed by atoms with Gasteiger partial charge in [0.1, 0.15) is 23.8 Å². The van der Waals surface area contributed by atoms with Crippen LogP contribution >= 0.6 is 0 Å². The lowest BCUT2D eigenvalue weighted by Crippen LogP contribution is -2.63. The largest absolute Gasteiger partial charge is 0.474 e. The van der Waals surface area contributed by atoms with Crippen LogP contribution in [-0.2, 0) is 20.7 Å². The Hall–Kier alpha value is -3.16. The number of morpholine rings is 1. The number of hydrogen-bond donors (Lipinski definition) is 2. The SMILES string of the molecule is C[C@@H]1CN(CC(=O)N2c3cc(Cc4ccc(F)cc4)c(C(=O)NC4CCOCC4)nc3OC[C@@H]2C)C(CN2[C@H](C)COC[C@H]2C)CN1. The fourth-order valence-corrected chi connectivity index (χ4v) is 7.24. The Balaban J connectivity index is 1.27. The highest BCUT2D eigenvalue weighted by atomic mass is 19.1. The van der Waals surface area contributed by atoms with Crippen molar-refractivity contribution in [3.05, 3.63) is 53.0 Å². The molecule has 0 spiro atoms.